The average molecular weight is 685 g/mol. The number of carbonyl (C=O) groups excluding carboxylic acids is 1. The molecule has 0 amide bonds. The van der Waals surface area contributed by atoms with Crippen molar-refractivity contribution in [2.24, 2.45) is 4.99 Å². The molecule has 7 rings (SSSR count). The maximum atomic E-state index is 14.6. The van der Waals surface area contributed by atoms with Crippen LogP contribution < -0.4 is 19.6 Å². The number of para-hydroxylation sites is 1. The molecule has 250 valence electrons. The van der Waals surface area contributed by atoms with Crippen LogP contribution in [0.25, 0.3) is 22.7 Å². The van der Waals surface area contributed by atoms with E-state index in [1.807, 2.05) is 91.9 Å². The number of nitro groups is 1. The zero-order valence-corrected chi connectivity index (χ0v) is 28.3. The Bertz CT molecular complexity index is 2490. The van der Waals surface area contributed by atoms with E-state index in [-0.39, 0.29) is 23.4 Å². The SMILES string of the molecule is CCOC(=O)C1=C(c2ccccc2)N=c2s/c(=C\c3c(C)n(Cc4ccc([N+](=O)[O-])cc4)c4ccccc34)c(=O)n2[C@H]1c1cccc(OC)c1. The molecule has 4 aromatic carbocycles. The van der Waals surface area contributed by atoms with Crippen LogP contribution in [-0.4, -0.2) is 33.7 Å². The van der Waals surface area contributed by atoms with Crippen molar-refractivity contribution < 1.29 is 19.2 Å². The van der Waals surface area contributed by atoms with Gasteiger partial charge in [-0.2, -0.15) is 0 Å². The molecule has 0 spiro atoms. The van der Waals surface area contributed by atoms with E-state index < -0.39 is 16.9 Å². The summed E-state index contributed by atoms with van der Waals surface area (Å²) in [4.78, 5) is 44.6. The van der Waals surface area contributed by atoms with E-state index in [4.69, 9.17) is 14.5 Å². The van der Waals surface area contributed by atoms with Crippen LogP contribution in [0.3, 0.4) is 0 Å². The highest BCUT2D eigenvalue weighted by Crippen LogP contribution is 2.36. The maximum Gasteiger partial charge on any atom is 0.338 e. The molecule has 10 nitrogen and oxygen atoms in total. The molecular weight excluding hydrogens is 653 g/mol. The third-order valence-electron chi connectivity index (χ3n) is 8.83. The van der Waals surface area contributed by atoms with Crippen LogP contribution in [0, 0.1) is 17.0 Å². The first-order chi connectivity index (χ1) is 24.3. The number of carbonyl (C=O) groups is 1. The number of ether oxygens (including phenoxy) is 2. The summed E-state index contributed by atoms with van der Waals surface area (Å²) >= 11 is 1.26. The summed E-state index contributed by atoms with van der Waals surface area (Å²) in [7, 11) is 1.57. The van der Waals surface area contributed by atoms with Gasteiger partial charge in [0.1, 0.15) is 5.75 Å². The van der Waals surface area contributed by atoms with E-state index in [9.17, 15) is 19.7 Å². The van der Waals surface area contributed by atoms with Crippen molar-refractivity contribution in [3.05, 3.63) is 166 Å². The molecule has 0 radical (unpaired) electrons. The fourth-order valence-corrected chi connectivity index (χ4v) is 7.43. The van der Waals surface area contributed by atoms with Crippen LogP contribution >= 0.6 is 11.3 Å². The van der Waals surface area contributed by atoms with Gasteiger partial charge < -0.3 is 14.0 Å². The summed E-state index contributed by atoms with van der Waals surface area (Å²) in [5, 5.41) is 12.2. The van der Waals surface area contributed by atoms with Crippen molar-refractivity contribution in [1.29, 1.82) is 0 Å². The lowest BCUT2D eigenvalue weighted by atomic mass is 9.93. The van der Waals surface area contributed by atoms with Crippen molar-refractivity contribution in [2.75, 3.05) is 13.7 Å². The van der Waals surface area contributed by atoms with Gasteiger partial charge in [-0.25, -0.2) is 9.79 Å². The number of fused-ring (bicyclic) bond motifs is 2. The topological polar surface area (TPSA) is 118 Å². The quantitative estimate of drug-likeness (QED) is 0.102. The second kappa shape index (κ2) is 13.4. The molecule has 1 atom stereocenters. The third kappa shape index (κ3) is 5.81. The van der Waals surface area contributed by atoms with Crippen molar-refractivity contribution in [2.45, 2.75) is 26.4 Å². The summed E-state index contributed by atoms with van der Waals surface area (Å²) in [6, 6.07) is 30.4. The van der Waals surface area contributed by atoms with Crippen LogP contribution in [0.15, 0.2) is 118 Å². The van der Waals surface area contributed by atoms with E-state index in [0.717, 1.165) is 33.3 Å². The van der Waals surface area contributed by atoms with Gasteiger partial charge in [0.15, 0.2) is 4.80 Å². The maximum absolute atomic E-state index is 14.6. The summed E-state index contributed by atoms with van der Waals surface area (Å²) in [6.07, 6.45) is 1.90. The van der Waals surface area contributed by atoms with Gasteiger partial charge in [0.2, 0.25) is 0 Å². The second-order valence-electron chi connectivity index (χ2n) is 11.7. The van der Waals surface area contributed by atoms with Gasteiger partial charge in [0.05, 0.1) is 40.5 Å². The van der Waals surface area contributed by atoms with Crippen molar-refractivity contribution >= 4 is 45.7 Å². The first-order valence-electron chi connectivity index (χ1n) is 16.0. The minimum atomic E-state index is -0.831. The van der Waals surface area contributed by atoms with Crippen molar-refractivity contribution in [3.8, 4) is 5.75 Å². The van der Waals surface area contributed by atoms with Gasteiger partial charge in [-0.05, 0) is 49.2 Å². The highest BCUT2D eigenvalue weighted by atomic mass is 32.1. The van der Waals surface area contributed by atoms with Crippen molar-refractivity contribution in [1.82, 2.24) is 9.13 Å². The fraction of sp³-hybridized carbons (Fsp3) is 0.154. The van der Waals surface area contributed by atoms with E-state index >= 15 is 0 Å². The lowest BCUT2D eigenvalue weighted by molar-refractivity contribution is -0.384. The van der Waals surface area contributed by atoms with E-state index in [2.05, 4.69) is 4.57 Å². The first-order valence-corrected chi connectivity index (χ1v) is 16.8. The third-order valence-corrected chi connectivity index (χ3v) is 9.81. The number of hydrogen-bond donors (Lipinski definition) is 0. The molecule has 0 aliphatic carbocycles. The van der Waals surface area contributed by atoms with Gasteiger partial charge in [-0.1, -0.05) is 84.1 Å². The van der Waals surface area contributed by atoms with Gasteiger partial charge in [-0.3, -0.25) is 19.5 Å². The summed E-state index contributed by atoms with van der Waals surface area (Å²) < 4.78 is 15.3. The standard InChI is InChI=1S/C39H32N4O6S/c1-4-49-38(45)34-35(26-11-6-5-7-12-26)40-39-42(36(34)27-13-10-14-29(21-27)48-3)37(44)33(50-39)22-31-24(2)41(32-16-9-8-15-30(31)32)23-25-17-19-28(20-18-25)43(46)47/h5-22,36H,4,23H2,1-3H3/b33-22-/t36-/m0/s1. The molecule has 2 aromatic heterocycles. The minimum Gasteiger partial charge on any atom is -0.497 e. The average Bonchev–Trinajstić information content (AvgIpc) is 3.59. The number of hydrogen-bond acceptors (Lipinski definition) is 8. The predicted molar refractivity (Wildman–Crippen MR) is 193 cm³/mol. The highest BCUT2D eigenvalue weighted by molar-refractivity contribution is 7.07. The van der Waals surface area contributed by atoms with Crippen LogP contribution in [0.1, 0.15) is 40.9 Å². The van der Waals surface area contributed by atoms with Crippen LogP contribution in [0.4, 0.5) is 5.69 Å². The number of esters is 1. The Morgan fingerprint density at radius 1 is 1.00 bits per heavy atom. The fourth-order valence-electron chi connectivity index (χ4n) is 6.45. The highest BCUT2D eigenvalue weighted by Gasteiger charge is 2.35. The summed E-state index contributed by atoms with van der Waals surface area (Å²) in [5.74, 6) is 0.0323. The Balaban J connectivity index is 1.45. The Morgan fingerprint density at radius 2 is 1.74 bits per heavy atom. The van der Waals surface area contributed by atoms with Gasteiger partial charge in [-0.15, -0.1) is 0 Å². The Kier molecular flexibility index (Phi) is 8.73. The zero-order chi connectivity index (χ0) is 34.9. The molecule has 0 fully saturated rings. The molecule has 3 heterocycles. The lowest BCUT2D eigenvalue weighted by Gasteiger charge is -2.26. The number of methoxy groups -OCH3 is 1. The number of non-ortho nitro benzene ring substituents is 1. The zero-order valence-electron chi connectivity index (χ0n) is 27.5. The van der Waals surface area contributed by atoms with Crippen molar-refractivity contribution in [3.63, 3.8) is 0 Å². The van der Waals surface area contributed by atoms with Gasteiger partial charge >= 0.3 is 5.97 Å². The number of rotatable bonds is 9. The van der Waals surface area contributed by atoms with E-state index in [1.54, 1.807) is 30.7 Å². The summed E-state index contributed by atoms with van der Waals surface area (Å²) in [5.41, 5.74) is 5.54. The second-order valence-corrected chi connectivity index (χ2v) is 12.7. The molecule has 0 N–H and O–H groups in total. The number of nitrogens with zero attached hydrogens (tertiary/aromatic N) is 4. The number of benzene rings is 4. The normalized spacial score (nSPS) is 14.4. The molecule has 0 bridgehead atoms. The number of thiazole rings is 1. The van der Waals surface area contributed by atoms with Crippen LogP contribution in [-0.2, 0) is 16.1 Å². The first kappa shape index (κ1) is 32.5. The van der Waals surface area contributed by atoms with Gasteiger partial charge in [0, 0.05) is 46.4 Å². The molecule has 6 aromatic rings. The van der Waals surface area contributed by atoms with Gasteiger partial charge in [0.25, 0.3) is 11.2 Å². The Hall–Kier alpha value is -6.07. The predicted octanol–water partition coefficient (Wildman–Crippen LogP) is 6.16. The Labute approximate surface area is 290 Å². The molecule has 1 aliphatic heterocycles. The molecule has 11 heteroatoms. The van der Waals surface area contributed by atoms with Crippen LogP contribution in [0.5, 0.6) is 5.75 Å². The monoisotopic (exact) mass is 684 g/mol. The molecule has 0 saturated heterocycles. The smallest absolute Gasteiger partial charge is 0.338 e. The molecule has 50 heavy (non-hydrogen) atoms. The number of aromatic nitrogens is 2. The molecule has 0 unspecified atom stereocenters. The molecular formula is C39H32N4O6S. The Morgan fingerprint density at radius 3 is 2.46 bits per heavy atom. The minimum absolute atomic E-state index is 0.0349. The van der Waals surface area contributed by atoms with E-state index in [0.29, 0.717) is 32.9 Å². The van der Waals surface area contributed by atoms with E-state index in [1.165, 1.54) is 23.5 Å². The summed E-state index contributed by atoms with van der Waals surface area (Å²) in [6.45, 7) is 4.39. The lowest BCUT2D eigenvalue weighted by Crippen LogP contribution is -2.40. The molecule has 1 aliphatic rings. The molecule has 0 saturated carbocycles. The van der Waals surface area contributed by atoms with Crippen LogP contribution in [0.2, 0.25) is 0 Å². The largest absolute Gasteiger partial charge is 0.497 e. The number of nitro benzene ring substituents is 1.